The number of rotatable bonds is 6. The summed E-state index contributed by atoms with van der Waals surface area (Å²) in [5.74, 6) is 3.75. The summed E-state index contributed by atoms with van der Waals surface area (Å²) in [4.78, 5) is 18.6. The van der Waals surface area contributed by atoms with Crippen LogP contribution in [0.2, 0.25) is 0 Å². The molecule has 0 amide bonds. The highest BCUT2D eigenvalue weighted by molar-refractivity contribution is 7.13. The van der Waals surface area contributed by atoms with Crippen LogP contribution in [0.25, 0.3) is 10.7 Å². The first kappa shape index (κ1) is 21.1. The number of nitrogens with one attached hydrogen (secondary N) is 2. The van der Waals surface area contributed by atoms with E-state index in [0.717, 1.165) is 66.3 Å². The number of anilines is 4. The molecule has 2 N–H and O–H groups in total. The van der Waals surface area contributed by atoms with Gasteiger partial charge < -0.3 is 24.4 Å². The third kappa shape index (κ3) is 4.21. The standard InChI is InChI=1S/C22H25N9O2S/c1-14-11-19(28-27-14)24-18-13-20(30-6-8-32-9-7-30)26-22(25-18)31-5-2-3-16(31)17-12-15(29-33-17)21-23-4-10-34-21/h4,10-13,16H,2-3,5-9H2,1H3,(H2,24,25,26,27,28). The van der Waals surface area contributed by atoms with Crippen LogP contribution in [0.4, 0.5) is 23.4 Å². The van der Waals surface area contributed by atoms with Crippen molar-refractivity contribution in [3.8, 4) is 10.7 Å². The number of aromatic amines is 1. The van der Waals surface area contributed by atoms with E-state index in [1.54, 1.807) is 17.5 Å². The summed E-state index contributed by atoms with van der Waals surface area (Å²) in [6.07, 6.45) is 3.74. The van der Waals surface area contributed by atoms with Gasteiger partial charge in [0.1, 0.15) is 22.3 Å². The van der Waals surface area contributed by atoms with E-state index in [-0.39, 0.29) is 6.04 Å². The quantitative estimate of drug-likeness (QED) is 0.425. The Morgan fingerprint density at radius 2 is 2.03 bits per heavy atom. The van der Waals surface area contributed by atoms with Gasteiger partial charge in [-0.05, 0) is 19.8 Å². The van der Waals surface area contributed by atoms with E-state index in [4.69, 9.17) is 19.2 Å². The van der Waals surface area contributed by atoms with Crippen molar-refractivity contribution in [2.24, 2.45) is 0 Å². The van der Waals surface area contributed by atoms with Gasteiger partial charge >= 0.3 is 0 Å². The van der Waals surface area contributed by atoms with Crippen LogP contribution in [0.3, 0.4) is 0 Å². The van der Waals surface area contributed by atoms with Crippen molar-refractivity contribution in [1.82, 2.24) is 30.3 Å². The summed E-state index contributed by atoms with van der Waals surface area (Å²) in [5, 5.41) is 17.6. The Morgan fingerprint density at radius 1 is 1.12 bits per heavy atom. The summed E-state index contributed by atoms with van der Waals surface area (Å²) < 4.78 is 11.3. The lowest BCUT2D eigenvalue weighted by Gasteiger charge is -2.30. The Hall–Kier alpha value is -3.51. The predicted octanol–water partition coefficient (Wildman–Crippen LogP) is 3.54. The van der Waals surface area contributed by atoms with Gasteiger partial charge in [0, 0.05) is 55.1 Å². The molecule has 34 heavy (non-hydrogen) atoms. The van der Waals surface area contributed by atoms with Crippen LogP contribution < -0.4 is 15.1 Å². The fourth-order valence-corrected chi connectivity index (χ4v) is 4.97. The second kappa shape index (κ2) is 9.03. The molecule has 0 aliphatic carbocycles. The van der Waals surface area contributed by atoms with E-state index < -0.39 is 0 Å². The molecule has 0 saturated carbocycles. The number of nitrogens with zero attached hydrogens (tertiary/aromatic N) is 7. The summed E-state index contributed by atoms with van der Waals surface area (Å²) in [7, 11) is 0. The van der Waals surface area contributed by atoms with Crippen molar-refractivity contribution < 1.29 is 9.26 Å². The minimum absolute atomic E-state index is 0.0154. The number of H-pyrrole nitrogens is 1. The average Bonchev–Trinajstić information content (AvgIpc) is 3.66. The number of ether oxygens (including phenoxy) is 1. The van der Waals surface area contributed by atoms with Gasteiger partial charge in [-0.25, -0.2) is 4.98 Å². The molecule has 11 nitrogen and oxygen atoms in total. The minimum Gasteiger partial charge on any atom is -0.378 e. The minimum atomic E-state index is 0.0154. The van der Waals surface area contributed by atoms with Gasteiger partial charge in [-0.3, -0.25) is 5.10 Å². The zero-order valence-electron chi connectivity index (χ0n) is 18.8. The molecular formula is C22H25N9O2S. The van der Waals surface area contributed by atoms with Gasteiger partial charge in [0.25, 0.3) is 0 Å². The van der Waals surface area contributed by atoms with E-state index in [1.807, 2.05) is 30.5 Å². The number of aromatic nitrogens is 6. The first-order chi connectivity index (χ1) is 16.7. The van der Waals surface area contributed by atoms with Crippen molar-refractivity contribution in [3.05, 3.63) is 41.2 Å². The van der Waals surface area contributed by atoms with Crippen LogP contribution in [-0.4, -0.2) is 63.2 Å². The topological polar surface area (TPSA) is 121 Å². The lowest BCUT2D eigenvalue weighted by Crippen LogP contribution is -2.37. The Bertz CT molecular complexity index is 1250. The molecule has 1 unspecified atom stereocenters. The number of thiazole rings is 1. The van der Waals surface area contributed by atoms with E-state index in [0.29, 0.717) is 25.0 Å². The van der Waals surface area contributed by atoms with Crippen LogP contribution >= 0.6 is 11.3 Å². The average molecular weight is 480 g/mol. The van der Waals surface area contributed by atoms with Crippen molar-refractivity contribution in [1.29, 1.82) is 0 Å². The summed E-state index contributed by atoms with van der Waals surface area (Å²) in [5.41, 5.74) is 1.74. The normalized spacial score (nSPS) is 18.6. The van der Waals surface area contributed by atoms with Crippen LogP contribution in [-0.2, 0) is 4.74 Å². The molecule has 176 valence electrons. The fraction of sp³-hybridized carbons (Fsp3) is 0.409. The van der Waals surface area contributed by atoms with Crippen molar-refractivity contribution in [2.45, 2.75) is 25.8 Å². The number of hydrogen-bond acceptors (Lipinski definition) is 11. The molecule has 12 heteroatoms. The van der Waals surface area contributed by atoms with E-state index in [9.17, 15) is 0 Å². The highest BCUT2D eigenvalue weighted by atomic mass is 32.1. The molecule has 1 atom stereocenters. The van der Waals surface area contributed by atoms with Gasteiger partial charge in [0.15, 0.2) is 11.6 Å². The van der Waals surface area contributed by atoms with Gasteiger partial charge in [-0.2, -0.15) is 15.1 Å². The lowest BCUT2D eigenvalue weighted by atomic mass is 10.1. The summed E-state index contributed by atoms with van der Waals surface area (Å²) >= 11 is 1.55. The highest BCUT2D eigenvalue weighted by Gasteiger charge is 2.32. The van der Waals surface area contributed by atoms with Crippen molar-refractivity contribution in [3.63, 3.8) is 0 Å². The molecule has 2 aliphatic heterocycles. The highest BCUT2D eigenvalue weighted by Crippen LogP contribution is 2.37. The molecule has 0 aromatic carbocycles. The molecule has 6 rings (SSSR count). The van der Waals surface area contributed by atoms with E-state index >= 15 is 0 Å². The Balaban J connectivity index is 1.33. The van der Waals surface area contributed by atoms with Gasteiger partial charge in [-0.1, -0.05) is 5.16 Å². The van der Waals surface area contributed by atoms with Crippen LogP contribution in [0, 0.1) is 6.92 Å². The van der Waals surface area contributed by atoms with Crippen LogP contribution in [0.5, 0.6) is 0 Å². The fourth-order valence-electron chi connectivity index (χ4n) is 4.38. The Kier molecular flexibility index (Phi) is 5.59. The maximum absolute atomic E-state index is 5.76. The first-order valence-corrected chi connectivity index (χ1v) is 12.2. The molecule has 0 spiro atoms. The smallest absolute Gasteiger partial charge is 0.229 e. The SMILES string of the molecule is Cc1cc(Nc2cc(N3CCOCC3)nc(N3CCCC3c3cc(-c4nccs4)no3)n2)n[nH]1. The third-order valence-electron chi connectivity index (χ3n) is 6.02. The molecular weight excluding hydrogens is 454 g/mol. The van der Waals surface area contributed by atoms with Gasteiger partial charge in [0.2, 0.25) is 5.95 Å². The van der Waals surface area contributed by atoms with Crippen molar-refractivity contribution >= 4 is 34.7 Å². The monoisotopic (exact) mass is 479 g/mol. The second-order valence-electron chi connectivity index (χ2n) is 8.38. The Morgan fingerprint density at radius 3 is 2.82 bits per heavy atom. The van der Waals surface area contributed by atoms with E-state index in [2.05, 4.69) is 35.5 Å². The molecule has 2 aliphatic rings. The maximum Gasteiger partial charge on any atom is 0.229 e. The van der Waals surface area contributed by atoms with Gasteiger partial charge in [0.05, 0.1) is 19.3 Å². The Labute approximate surface area is 200 Å². The lowest BCUT2D eigenvalue weighted by molar-refractivity contribution is 0.122. The zero-order chi connectivity index (χ0) is 22.9. The second-order valence-corrected chi connectivity index (χ2v) is 9.27. The summed E-state index contributed by atoms with van der Waals surface area (Å²) in [6.45, 7) is 5.76. The molecule has 0 bridgehead atoms. The number of aryl methyl sites for hydroxylation is 1. The van der Waals surface area contributed by atoms with Gasteiger partial charge in [-0.15, -0.1) is 11.3 Å². The maximum atomic E-state index is 5.76. The third-order valence-corrected chi connectivity index (χ3v) is 6.81. The molecule has 4 aromatic rings. The van der Waals surface area contributed by atoms with Crippen LogP contribution in [0.15, 0.2) is 34.3 Å². The van der Waals surface area contributed by atoms with E-state index in [1.165, 1.54) is 0 Å². The number of hydrogen-bond donors (Lipinski definition) is 2. The first-order valence-electron chi connectivity index (χ1n) is 11.4. The largest absolute Gasteiger partial charge is 0.378 e. The van der Waals surface area contributed by atoms with Crippen LogP contribution in [0.1, 0.15) is 30.3 Å². The zero-order valence-corrected chi connectivity index (χ0v) is 19.6. The number of morpholine rings is 1. The molecule has 0 radical (unpaired) electrons. The molecule has 2 saturated heterocycles. The van der Waals surface area contributed by atoms with Crippen molar-refractivity contribution in [2.75, 3.05) is 48.0 Å². The predicted molar refractivity (Wildman–Crippen MR) is 129 cm³/mol. The summed E-state index contributed by atoms with van der Waals surface area (Å²) in [6, 6.07) is 5.92. The molecule has 2 fully saturated rings. The molecule has 6 heterocycles. The molecule has 4 aromatic heterocycles.